The largest absolute Gasteiger partial charge is 0.508 e. The molecule has 6 nitrogen and oxygen atoms in total. The van der Waals surface area contributed by atoms with E-state index in [0.29, 0.717) is 18.0 Å². The summed E-state index contributed by atoms with van der Waals surface area (Å²) in [6, 6.07) is 10.9. The topological polar surface area (TPSA) is 101 Å². The number of hydrogen-bond acceptors (Lipinski definition) is 4. The van der Waals surface area contributed by atoms with Crippen LogP contribution in [0.25, 0.3) is 21.8 Å². The number of rotatable bonds is 5. The number of aromatic hydroxyl groups is 2. The number of nitrogens with two attached hydrogens (primary N) is 1. The highest BCUT2D eigenvalue weighted by Gasteiger charge is 2.07. The molecule has 0 atom stereocenters. The Kier molecular flexibility index (Phi) is 6.23. The summed E-state index contributed by atoms with van der Waals surface area (Å²) in [6.45, 7) is 1.61. The van der Waals surface area contributed by atoms with Gasteiger partial charge in [0, 0.05) is 40.7 Å². The third kappa shape index (κ3) is 4.47. The summed E-state index contributed by atoms with van der Waals surface area (Å²) < 4.78 is 0. The molecule has 2 aromatic carbocycles. The van der Waals surface area contributed by atoms with Gasteiger partial charge in [0.25, 0.3) is 0 Å². The van der Waals surface area contributed by atoms with E-state index in [4.69, 9.17) is 5.73 Å². The van der Waals surface area contributed by atoms with E-state index >= 15 is 0 Å². The second kappa shape index (κ2) is 8.82. The Morgan fingerprint density at radius 3 is 2.43 bits per heavy atom. The smallest absolute Gasteiger partial charge is 0.125 e. The third-order valence-corrected chi connectivity index (χ3v) is 4.76. The van der Waals surface area contributed by atoms with E-state index in [1.54, 1.807) is 18.2 Å². The Bertz CT molecular complexity index is 1050. The van der Waals surface area contributed by atoms with Gasteiger partial charge in [-0.2, -0.15) is 0 Å². The molecule has 0 fully saturated rings. The molecular weight excluding hydrogens is 352 g/mol. The monoisotopic (exact) mass is 380 g/mol. The van der Waals surface area contributed by atoms with E-state index in [1.165, 1.54) is 5.56 Å². The number of aromatic nitrogens is 2. The first-order valence-corrected chi connectivity index (χ1v) is 9.41. The minimum Gasteiger partial charge on any atom is -0.508 e. The quantitative estimate of drug-likeness (QED) is 0.366. The van der Waals surface area contributed by atoms with E-state index < -0.39 is 0 Å². The first-order valence-electron chi connectivity index (χ1n) is 9.41. The summed E-state index contributed by atoms with van der Waals surface area (Å²) in [4.78, 5) is 8.45. The lowest BCUT2D eigenvalue weighted by molar-refractivity contribution is 0.414. The first-order chi connectivity index (χ1) is 13.5. The van der Waals surface area contributed by atoms with Crippen molar-refractivity contribution in [1.29, 1.82) is 0 Å². The number of phenols is 2. The standard InChI is InChI=1S/C12H16N2O.C10H12N2O/c1-14(2)7-6-9-8-13-10-4-3-5-11(15)12(9)10;11-4-3-7-6-12-10-2-1-8(13)5-9(7)10/h3-5,8,13,15H,6-7H2,1-2H3;1-2,5-6,12-13H,3-4,11H2. The average molecular weight is 380 g/mol. The number of fused-ring (bicyclic) bond motifs is 2. The molecule has 0 bridgehead atoms. The molecule has 0 aliphatic rings. The molecule has 6 heteroatoms. The average Bonchev–Trinajstić information content (AvgIpc) is 3.26. The van der Waals surface area contributed by atoms with Gasteiger partial charge >= 0.3 is 0 Å². The highest BCUT2D eigenvalue weighted by atomic mass is 16.3. The fourth-order valence-electron chi connectivity index (χ4n) is 3.30. The fourth-order valence-corrected chi connectivity index (χ4v) is 3.30. The van der Waals surface area contributed by atoms with Crippen LogP contribution in [0.1, 0.15) is 11.1 Å². The second-order valence-electron chi connectivity index (χ2n) is 7.15. The lowest BCUT2D eigenvalue weighted by Crippen LogP contribution is -2.14. The number of H-pyrrole nitrogens is 2. The van der Waals surface area contributed by atoms with Gasteiger partial charge in [-0.15, -0.1) is 0 Å². The molecule has 0 saturated carbocycles. The number of likely N-dealkylation sites (N-methyl/N-ethyl adjacent to an activating group) is 1. The molecule has 6 N–H and O–H groups in total. The van der Waals surface area contributed by atoms with Crippen molar-refractivity contribution in [1.82, 2.24) is 14.9 Å². The summed E-state index contributed by atoms with van der Waals surface area (Å²) in [5, 5.41) is 21.1. The summed E-state index contributed by atoms with van der Waals surface area (Å²) in [5.41, 5.74) is 9.86. The number of phenolic OH excluding ortho intramolecular Hbond substituents is 2. The van der Waals surface area contributed by atoms with Crippen LogP contribution < -0.4 is 5.73 Å². The maximum absolute atomic E-state index is 9.77. The first kappa shape index (κ1) is 19.8. The Hall–Kier alpha value is -2.96. The fraction of sp³-hybridized carbons (Fsp3) is 0.273. The molecule has 4 rings (SSSR count). The minimum atomic E-state index is 0.297. The maximum atomic E-state index is 9.77. The predicted octanol–water partition coefficient (Wildman–Crippen LogP) is 3.35. The molecule has 4 aromatic rings. The number of aromatic amines is 2. The zero-order valence-corrected chi connectivity index (χ0v) is 16.4. The molecule has 28 heavy (non-hydrogen) atoms. The van der Waals surface area contributed by atoms with Crippen molar-refractivity contribution in [3.8, 4) is 11.5 Å². The van der Waals surface area contributed by atoms with Gasteiger partial charge < -0.3 is 30.8 Å². The van der Waals surface area contributed by atoms with E-state index in [1.807, 2.05) is 30.6 Å². The van der Waals surface area contributed by atoms with Gasteiger partial charge in [0.05, 0.1) is 0 Å². The molecule has 0 radical (unpaired) electrons. The Labute approximate surface area is 164 Å². The molecule has 0 amide bonds. The van der Waals surface area contributed by atoms with Gasteiger partial charge in [0.1, 0.15) is 11.5 Å². The van der Waals surface area contributed by atoms with Gasteiger partial charge in [0.2, 0.25) is 0 Å². The van der Waals surface area contributed by atoms with E-state index in [0.717, 1.165) is 46.8 Å². The number of hydrogen-bond donors (Lipinski definition) is 5. The Balaban J connectivity index is 0.000000162. The van der Waals surface area contributed by atoms with Crippen LogP contribution >= 0.6 is 0 Å². The molecule has 0 saturated heterocycles. The van der Waals surface area contributed by atoms with Crippen molar-refractivity contribution in [2.75, 3.05) is 27.2 Å². The normalized spacial score (nSPS) is 11.1. The van der Waals surface area contributed by atoms with Crippen molar-refractivity contribution in [3.05, 3.63) is 59.9 Å². The maximum Gasteiger partial charge on any atom is 0.125 e. The van der Waals surface area contributed by atoms with E-state index in [-0.39, 0.29) is 0 Å². The van der Waals surface area contributed by atoms with Crippen LogP contribution in [-0.2, 0) is 12.8 Å². The number of nitrogens with zero attached hydrogens (tertiary/aromatic N) is 1. The van der Waals surface area contributed by atoms with Crippen molar-refractivity contribution < 1.29 is 10.2 Å². The third-order valence-electron chi connectivity index (χ3n) is 4.76. The van der Waals surface area contributed by atoms with E-state index in [2.05, 4.69) is 29.0 Å². The second-order valence-corrected chi connectivity index (χ2v) is 7.15. The number of nitrogens with one attached hydrogen (secondary N) is 2. The van der Waals surface area contributed by atoms with Crippen LogP contribution in [0, 0.1) is 0 Å². The van der Waals surface area contributed by atoms with Crippen LogP contribution in [0.4, 0.5) is 0 Å². The molecular formula is C22H28N4O2. The molecule has 0 aliphatic heterocycles. The summed E-state index contributed by atoms with van der Waals surface area (Å²) in [7, 11) is 4.10. The summed E-state index contributed by atoms with van der Waals surface area (Å²) in [6.07, 6.45) is 5.71. The molecule has 0 unspecified atom stereocenters. The van der Waals surface area contributed by atoms with Crippen molar-refractivity contribution >= 4 is 21.8 Å². The minimum absolute atomic E-state index is 0.297. The molecule has 2 aromatic heterocycles. The molecule has 2 heterocycles. The highest BCUT2D eigenvalue weighted by molar-refractivity contribution is 5.89. The van der Waals surface area contributed by atoms with E-state index in [9.17, 15) is 10.2 Å². The summed E-state index contributed by atoms with van der Waals surface area (Å²) in [5.74, 6) is 0.660. The van der Waals surface area contributed by atoms with Gasteiger partial charge in [0.15, 0.2) is 0 Å². The van der Waals surface area contributed by atoms with Crippen molar-refractivity contribution in [3.63, 3.8) is 0 Å². The van der Waals surface area contributed by atoms with Crippen molar-refractivity contribution in [2.24, 2.45) is 5.73 Å². The molecule has 148 valence electrons. The lowest BCUT2D eigenvalue weighted by Gasteiger charge is -2.08. The van der Waals surface area contributed by atoms with Crippen LogP contribution in [0.3, 0.4) is 0 Å². The van der Waals surface area contributed by atoms with Gasteiger partial charge in [-0.3, -0.25) is 0 Å². The predicted molar refractivity (Wildman–Crippen MR) is 115 cm³/mol. The summed E-state index contributed by atoms with van der Waals surface area (Å²) >= 11 is 0. The Morgan fingerprint density at radius 1 is 0.929 bits per heavy atom. The van der Waals surface area contributed by atoms with Gasteiger partial charge in [-0.1, -0.05) is 6.07 Å². The van der Waals surface area contributed by atoms with Crippen LogP contribution in [-0.4, -0.2) is 52.3 Å². The van der Waals surface area contributed by atoms with Crippen molar-refractivity contribution in [2.45, 2.75) is 12.8 Å². The van der Waals surface area contributed by atoms with Crippen LogP contribution in [0.15, 0.2) is 48.8 Å². The Morgan fingerprint density at radius 2 is 1.68 bits per heavy atom. The highest BCUT2D eigenvalue weighted by Crippen LogP contribution is 2.27. The van der Waals surface area contributed by atoms with Crippen LogP contribution in [0.2, 0.25) is 0 Å². The molecule has 0 aliphatic carbocycles. The zero-order chi connectivity index (χ0) is 20.1. The molecule has 0 spiro atoms. The lowest BCUT2D eigenvalue weighted by atomic mass is 10.1. The number of benzene rings is 2. The zero-order valence-electron chi connectivity index (χ0n) is 16.4. The van der Waals surface area contributed by atoms with Crippen LogP contribution in [0.5, 0.6) is 11.5 Å². The SMILES string of the molecule is CN(C)CCc1c[nH]c2cccc(O)c12.NCCc1c[nH]c2ccc(O)cc12. The van der Waals surface area contributed by atoms with Gasteiger partial charge in [-0.25, -0.2) is 0 Å². The van der Waals surface area contributed by atoms with Gasteiger partial charge in [-0.05, 0) is 74.9 Å².